The summed E-state index contributed by atoms with van der Waals surface area (Å²) >= 11 is 0. The van der Waals surface area contributed by atoms with E-state index in [0.29, 0.717) is 0 Å². The van der Waals surface area contributed by atoms with Crippen molar-refractivity contribution in [2.45, 2.75) is 27.7 Å². The van der Waals surface area contributed by atoms with E-state index < -0.39 is 0 Å². The molecule has 1 aromatic rings. The zero-order valence-corrected chi connectivity index (χ0v) is 7.43. The van der Waals surface area contributed by atoms with Crippen LogP contribution in [0.4, 0.5) is 0 Å². The van der Waals surface area contributed by atoms with Crippen molar-refractivity contribution in [3.8, 4) is 0 Å². The quantitative estimate of drug-likeness (QED) is 0.616. The summed E-state index contributed by atoms with van der Waals surface area (Å²) in [6.45, 7) is 7.97. The van der Waals surface area contributed by atoms with Crippen LogP contribution >= 0.6 is 0 Å². The van der Waals surface area contributed by atoms with E-state index in [1.54, 1.807) is 0 Å². The zero-order chi connectivity index (χ0) is 8.43. The minimum atomic E-state index is 0.901. The van der Waals surface area contributed by atoms with Crippen LogP contribution < -0.4 is 0 Å². The molecule has 0 amide bonds. The fourth-order valence-corrected chi connectivity index (χ4v) is 1.19. The second-order valence-corrected chi connectivity index (χ2v) is 2.67. The molecular weight excluding hydrogens is 138 g/mol. The van der Waals surface area contributed by atoms with Crippen LogP contribution in [0.3, 0.4) is 0 Å². The fourth-order valence-electron chi connectivity index (χ4n) is 1.19. The highest BCUT2D eigenvalue weighted by atomic mass is 16.5. The van der Waals surface area contributed by atoms with Crippen LogP contribution in [0.25, 0.3) is 5.57 Å². The van der Waals surface area contributed by atoms with Crippen molar-refractivity contribution in [3.05, 3.63) is 23.1 Å². The van der Waals surface area contributed by atoms with Crippen LogP contribution in [0.15, 0.2) is 10.6 Å². The maximum atomic E-state index is 5.03. The molecule has 2 nitrogen and oxygen atoms in total. The summed E-state index contributed by atoms with van der Waals surface area (Å²) in [5.41, 5.74) is 3.34. The summed E-state index contributed by atoms with van der Waals surface area (Å²) in [5.74, 6) is 0.901. The molecule has 0 fully saturated rings. The van der Waals surface area contributed by atoms with E-state index in [4.69, 9.17) is 4.52 Å². The normalized spacial score (nSPS) is 12.2. The second kappa shape index (κ2) is 2.91. The Kier molecular flexibility index (Phi) is 2.13. The monoisotopic (exact) mass is 151 g/mol. The van der Waals surface area contributed by atoms with Crippen molar-refractivity contribution in [3.63, 3.8) is 0 Å². The third kappa shape index (κ3) is 1.34. The number of nitrogens with zero attached hydrogens (tertiary/aromatic N) is 1. The number of allylic oxidation sites excluding steroid dienone is 2. The number of aromatic nitrogens is 1. The van der Waals surface area contributed by atoms with Gasteiger partial charge in [0.15, 0.2) is 0 Å². The Hall–Kier alpha value is -1.05. The highest BCUT2D eigenvalue weighted by molar-refractivity contribution is 5.66. The molecule has 1 heterocycles. The van der Waals surface area contributed by atoms with Gasteiger partial charge in [-0.05, 0) is 33.3 Å². The van der Waals surface area contributed by atoms with Crippen LogP contribution in [-0.2, 0) is 0 Å². The maximum Gasteiger partial charge on any atom is 0.141 e. The van der Waals surface area contributed by atoms with Gasteiger partial charge < -0.3 is 4.52 Å². The number of rotatable bonds is 1. The lowest BCUT2D eigenvalue weighted by Gasteiger charge is -1.96. The van der Waals surface area contributed by atoms with Gasteiger partial charge in [0.2, 0.25) is 0 Å². The minimum Gasteiger partial charge on any atom is -0.361 e. The third-order valence-corrected chi connectivity index (χ3v) is 1.86. The maximum absolute atomic E-state index is 5.03. The third-order valence-electron chi connectivity index (χ3n) is 1.86. The Morgan fingerprint density at radius 1 is 1.45 bits per heavy atom. The molecule has 11 heavy (non-hydrogen) atoms. The van der Waals surface area contributed by atoms with E-state index in [2.05, 4.69) is 18.2 Å². The number of hydrogen-bond acceptors (Lipinski definition) is 2. The summed E-state index contributed by atoms with van der Waals surface area (Å²) in [4.78, 5) is 0. The first-order chi connectivity index (χ1) is 5.16. The van der Waals surface area contributed by atoms with E-state index in [-0.39, 0.29) is 0 Å². The summed E-state index contributed by atoms with van der Waals surface area (Å²) < 4.78 is 5.03. The summed E-state index contributed by atoms with van der Waals surface area (Å²) in [6.07, 6.45) is 2.06. The fraction of sp³-hybridized carbons (Fsp3) is 0.444. The second-order valence-electron chi connectivity index (χ2n) is 2.67. The molecule has 0 aliphatic rings. The van der Waals surface area contributed by atoms with Crippen LogP contribution in [-0.4, -0.2) is 5.16 Å². The van der Waals surface area contributed by atoms with Crippen molar-refractivity contribution >= 4 is 5.57 Å². The predicted molar refractivity (Wildman–Crippen MR) is 45.3 cm³/mol. The Balaban J connectivity index is 3.21. The average Bonchev–Trinajstić information content (AvgIpc) is 2.30. The van der Waals surface area contributed by atoms with Gasteiger partial charge >= 0.3 is 0 Å². The lowest BCUT2D eigenvalue weighted by Crippen LogP contribution is -1.82. The topological polar surface area (TPSA) is 26.0 Å². The molecule has 1 aromatic heterocycles. The first-order valence-corrected chi connectivity index (χ1v) is 3.73. The highest BCUT2D eigenvalue weighted by Gasteiger charge is 2.08. The SMILES string of the molecule is CC=C(C)c1c(C)noc1C. The Morgan fingerprint density at radius 3 is 2.45 bits per heavy atom. The Morgan fingerprint density at radius 2 is 2.09 bits per heavy atom. The van der Waals surface area contributed by atoms with Gasteiger partial charge in [-0.3, -0.25) is 0 Å². The summed E-state index contributed by atoms with van der Waals surface area (Å²) in [7, 11) is 0. The van der Waals surface area contributed by atoms with Crippen molar-refractivity contribution in [2.24, 2.45) is 0 Å². The lowest BCUT2D eigenvalue weighted by atomic mass is 10.1. The molecule has 0 unspecified atom stereocenters. The number of hydrogen-bond donors (Lipinski definition) is 0. The van der Waals surface area contributed by atoms with Gasteiger partial charge in [-0.15, -0.1) is 0 Å². The van der Waals surface area contributed by atoms with Gasteiger partial charge in [0, 0.05) is 5.56 Å². The van der Waals surface area contributed by atoms with Gasteiger partial charge in [0.25, 0.3) is 0 Å². The van der Waals surface area contributed by atoms with Crippen molar-refractivity contribution < 1.29 is 4.52 Å². The molecule has 0 atom stereocenters. The molecular formula is C9H13NO. The van der Waals surface area contributed by atoms with Crippen LogP contribution in [0.1, 0.15) is 30.9 Å². The van der Waals surface area contributed by atoms with Gasteiger partial charge in [0.1, 0.15) is 5.76 Å². The largest absolute Gasteiger partial charge is 0.361 e. The molecule has 2 heteroatoms. The van der Waals surface area contributed by atoms with E-state index in [1.807, 2.05) is 20.8 Å². The Bertz CT molecular complexity index is 264. The molecule has 1 rings (SSSR count). The van der Waals surface area contributed by atoms with Crippen LogP contribution in [0, 0.1) is 13.8 Å². The van der Waals surface area contributed by atoms with Crippen molar-refractivity contribution in [1.29, 1.82) is 0 Å². The van der Waals surface area contributed by atoms with E-state index in [1.165, 1.54) is 5.57 Å². The van der Waals surface area contributed by atoms with E-state index in [9.17, 15) is 0 Å². The van der Waals surface area contributed by atoms with Crippen LogP contribution in [0.5, 0.6) is 0 Å². The van der Waals surface area contributed by atoms with Gasteiger partial charge in [-0.25, -0.2) is 0 Å². The van der Waals surface area contributed by atoms with E-state index >= 15 is 0 Å². The molecule has 0 radical (unpaired) electrons. The molecule has 0 aliphatic carbocycles. The molecule has 0 N–H and O–H groups in total. The van der Waals surface area contributed by atoms with Crippen LogP contribution in [0.2, 0.25) is 0 Å². The lowest BCUT2D eigenvalue weighted by molar-refractivity contribution is 0.393. The van der Waals surface area contributed by atoms with Gasteiger partial charge in [-0.1, -0.05) is 11.2 Å². The summed E-state index contributed by atoms with van der Waals surface area (Å²) in [5, 5.41) is 3.87. The molecule has 0 saturated carbocycles. The molecule has 0 aliphatic heterocycles. The van der Waals surface area contributed by atoms with E-state index in [0.717, 1.165) is 17.0 Å². The van der Waals surface area contributed by atoms with Crippen molar-refractivity contribution in [1.82, 2.24) is 5.16 Å². The molecule has 60 valence electrons. The van der Waals surface area contributed by atoms with Gasteiger partial charge in [0.05, 0.1) is 5.69 Å². The number of aryl methyl sites for hydroxylation is 2. The average molecular weight is 151 g/mol. The zero-order valence-electron chi connectivity index (χ0n) is 7.43. The summed E-state index contributed by atoms with van der Waals surface area (Å²) in [6, 6.07) is 0. The minimum absolute atomic E-state index is 0.901. The first kappa shape index (κ1) is 8.05. The van der Waals surface area contributed by atoms with Gasteiger partial charge in [-0.2, -0.15) is 0 Å². The smallest absolute Gasteiger partial charge is 0.141 e. The standard InChI is InChI=1S/C9H13NO/c1-5-6(2)9-7(3)10-11-8(9)4/h5H,1-4H3. The highest BCUT2D eigenvalue weighted by Crippen LogP contribution is 2.21. The first-order valence-electron chi connectivity index (χ1n) is 3.73. The molecule has 0 spiro atoms. The molecule has 0 aromatic carbocycles. The predicted octanol–water partition coefficient (Wildman–Crippen LogP) is 2.71. The van der Waals surface area contributed by atoms with Crippen molar-refractivity contribution in [2.75, 3.05) is 0 Å². The molecule has 0 saturated heterocycles. The molecule has 0 bridgehead atoms. The Labute approximate surface area is 66.9 Å².